The lowest BCUT2D eigenvalue weighted by Crippen LogP contribution is -2.00. The molecule has 0 atom stereocenters. The lowest BCUT2D eigenvalue weighted by molar-refractivity contribution is 0.368. The van der Waals surface area contributed by atoms with E-state index >= 15 is 0 Å². The summed E-state index contributed by atoms with van der Waals surface area (Å²) in [6.07, 6.45) is 1.22. The molecule has 1 heterocycles. The number of hydrogen-bond donors (Lipinski definition) is 1. The van der Waals surface area contributed by atoms with Crippen molar-refractivity contribution < 1.29 is 13.9 Å². The summed E-state index contributed by atoms with van der Waals surface area (Å²) < 4.78 is 24.4. The molecule has 0 spiro atoms. The van der Waals surface area contributed by atoms with E-state index < -0.39 is 5.82 Å². The van der Waals surface area contributed by atoms with Crippen LogP contribution in [0.15, 0.2) is 22.9 Å². The molecule has 5 nitrogen and oxygen atoms in total. The minimum absolute atomic E-state index is 0.0200. The molecule has 100 valence electrons. The minimum atomic E-state index is -0.610. The molecule has 0 radical (unpaired) electrons. The van der Waals surface area contributed by atoms with Gasteiger partial charge in [0.15, 0.2) is 5.82 Å². The van der Waals surface area contributed by atoms with Gasteiger partial charge in [0.05, 0.1) is 16.6 Å². The summed E-state index contributed by atoms with van der Waals surface area (Å²) in [5.41, 5.74) is 5.61. The van der Waals surface area contributed by atoms with E-state index in [1.165, 1.54) is 19.5 Å². The van der Waals surface area contributed by atoms with Crippen molar-refractivity contribution in [2.45, 2.75) is 0 Å². The first-order valence-electron chi connectivity index (χ1n) is 4.99. The average molecular weight is 349 g/mol. The van der Waals surface area contributed by atoms with Gasteiger partial charge in [-0.1, -0.05) is 11.6 Å². The molecular formula is C11H8BrClFN3O2. The monoisotopic (exact) mass is 347 g/mol. The number of halogens is 3. The molecule has 2 rings (SSSR count). The number of aromatic nitrogens is 2. The number of ether oxygens (including phenoxy) is 2. The Morgan fingerprint density at radius 3 is 2.79 bits per heavy atom. The number of nitrogens with zero attached hydrogens (tertiary/aromatic N) is 2. The van der Waals surface area contributed by atoms with Crippen LogP contribution in [0, 0.1) is 5.82 Å². The fraction of sp³-hybridized carbons (Fsp3) is 0.0909. The van der Waals surface area contributed by atoms with Gasteiger partial charge in [0.1, 0.15) is 17.9 Å². The summed E-state index contributed by atoms with van der Waals surface area (Å²) >= 11 is 8.85. The molecule has 0 aliphatic rings. The summed E-state index contributed by atoms with van der Waals surface area (Å²) in [4.78, 5) is 7.65. The van der Waals surface area contributed by atoms with Crippen molar-refractivity contribution in [2.24, 2.45) is 0 Å². The van der Waals surface area contributed by atoms with Gasteiger partial charge in [-0.05, 0) is 22.0 Å². The van der Waals surface area contributed by atoms with E-state index in [9.17, 15) is 4.39 Å². The molecule has 0 unspecified atom stereocenters. The van der Waals surface area contributed by atoms with Gasteiger partial charge in [-0.2, -0.15) is 4.98 Å². The number of benzene rings is 1. The third-order valence-electron chi connectivity index (χ3n) is 2.18. The van der Waals surface area contributed by atoms with Crippen LogP contribution >= 0.6 is 27.5 Å². The molecule has 0 saturated heterocycles. The molecule has 1 aromatic carbocycles. The molecule has 0 bridgehead atoms. The maximum atomic E-state index is 13.4. The van der Waals surface area contributed by atoms with E-state index in [1.54, 1.807) is 0 Å². The van der Waals surface area contributed by atoms with Crippen LogP contribution in [0.4, 0.5) is 10.2 Å². The summed E-state index contributed by atoms with van der Waals surface area (Å²) in [6.45, 7) is 0. The molecule has 0 aliphatic heterocycles. The van der Waals surface area contributed by atoms with Crippen LogP contribution in [-0.2, 0) is 0 Å². The van der Waals surface area contributed by atoms with Crippen LogP contribution in [-0.4, -0.2) is 17.1 Å². The van der Waals surface area contributed by atoms with E-state index in [2.05, 4.69) is 25.9 Å². The number of nitrogen functional groups attached to an aromatic ring is 1. The molecule has 2 aromatic rings. The standard InChI is InChI=1S/C11H8BrClFN3O2/c1-18-9-10(15)16-4-17-11(9)19-8-3-7(14)6(13)2-5(8)12/h2-4H,1H3,(H2,15,16,17). The highest BCUT2D eigenvalue weighted by atomic mass is 79.9. The topological polar surface area (TPSA) is 70.3 Å². The average Bonchev–Trinajstić information content (AvgIpc) is 2.36. The minimum Gasteiger partial charge on any atom is -0.489 e. The van der Waals surface area contributed by atoms with Crippen LogP contribution in [0.2, 0.25) is 5.02 Å². The first kappa shape index (κ1) is 13.8. The van der Waals surface area contributed by atoms with Crippen molar-refractivity contribution in [1.29, 1.82) is 0 Å². The second-order valence-corrected chi connectivity index (χ2v) is 4.66. The Morgan fingerprint density at radius 1 is 1.37 bits per heavy atom. The fourth-order valence-corrected chi connectivity index (χ4v) is 2.04. The quantitative estimate of drug-likeness (QED) is 0.861. The zero-order chi connectivity index (χ0) is 14.0. The Bertz CT molecular complexity index is 627. The fourth-order valence-electron chi connectivity index (χ4n) is 1.32. The Kier molecular flexibility index (Phi) is 4.06. The molecule has 0 aliphatic carbocycles. The van der Waals surface area contributed by atoms with Crippen LogP contribution in [0.1, 0.15) is 0 Å². The number of nitrogens with two attached hydrogens (primary N) is 1. The molecule has 0 fully saturated rings. The number of methoxy groups -OCH3 is 1. The summed E-state index contributed by atoms with van der Waals surface area (Å²) in [5, 5.41) is -0.0200. The highest BCUT2D eigenvalue weighted by Crippen LogP contribution is 2.37. The van der Waals surface area contributed by atoms with Gasteiger partial charge in [-0.3, -0.25) is 0 Å². The summed E-state index contributed by atoms with van der Waals surface area (Å²) in [7, 11) is 1.40. The van der Waals surface area contributed by atoms with Crippen molar-refractivity contribution in [3.8, 4) is 17.4 Å². The van der Waals surface area contributed by atoms with Crippen LogP contribution in [0.5, 0.6) is 17.4 Å². The number of rotatable bonds is 3. The van der Waals surface area contributed by atoms with Crippen molar-refractivity contribution in [3.05, 3.63) is 33.8 Å². The molecular weight excluding hydrogens is 340 g/mol. The first-order chi connectivity index (χ1) is 9.02. The zero-order valence-corrected chi connectivity index (χ0v) is 12.0. The van der Waals surface area contributed by atoms with E-state index in [1.807, 2.05) is 0 Å². The lowest BCUT2D eigenvalue weighted by Gasteiger charge is -2.11. The van der Waals surface area contributed by atoms with Gasteiger partial charge in [-0.15, -0.1) is 0 Å². The van der Waals surface area contributed by atoms with Crippen LogP contribution in [0.25, 0.3) is 0 Å². The van der Waals surface area contributed by atoms with E-state index in [0.29, 0.717) is 4.47 Å². The SMILES string of the molecule is COc1c(N)ncnc1Oc1cc(F)c(Cl)cc1Br. The number of hydrogen-bond acceptors (Lipinski definition) is 5. The lowest BCUT2D eigenvalue weighted by atomic mass is 10.3. The second-order valence-electron chi connectivity index (χ2n) is 3.40. The van der Waals surface area contributed by atoms with Crippen molar-refractivity contribution >= 4 is 33.3 Å². The van der Waals surface area contributed by atoms with Crippen LogP contribution in [0.3, 0.4) is 0 Å². The van der Waals surface area contributed by atoms with Crippen LogP contribution < -0.4 is 15.2 Å². The van der Waals surface area contributed by atoms with Crippen molar-refractivity contribution in [1.82, 2.24) is 9.97 Å². The summed E-state index contributed by atoms with van der Waals surface area (Å²) in [5.74, 6) is -0.0422. The van der Waals surface area contributed by atoms with E-state index in [0.717, 1.165) is 6.07 Å². The first-order valence-corrected chi connectivity index (χ1v) is 6.17. The maximum Gasteiger partial charge on any atom is 0.268 e. The van der Waals surface area contributed by atoms with Gasteiger partial charge in [0.25, 0.3) is 5.88 Å². The molecule has 0 saturated carbocycles. The normalized spacial score (nSPS) is 10.3. The molecule has 0 amide bonds. The molecule has 2 N–H and O–H groups in total. The highest BCUT2D eigenvalue weighted by molar-refractivity contribution is 9.10. The Labute approximate surface area is 121 Å². The molecule has 1 aromatic heterocycles. The zero-order valence-electron chi connectivity index (χ0n) is 9.65. The smallest absolute Gasteiger partial charge is 0.268 e. The van der Waals surface area contributed by atoms with E-state index in [4.69, 9.17) is 26.8 Å². The van der Waals surface area contributed by atoms with Gasteiger partial charge in [-0.25, -0.2) is 9.37 Å². The van der Waals surface area contributed by atoms with Gasteiger partial charge in [0.2, 0.25) is 5.75 Å². The molecule has 19 heavy (non-hydrogen) atoms. The van der Waals surface area contributed by atoms with Gasteiger partial charge < -0.3 is 15.2 Å². The van der Waals surface area contributed by atoms with Gasteiger partial charge in [0, 0.05) is 6.07 Å². The predicted molar refractivity (Wildman–Crippen MR) is 72.2 cm³/mol. The van der Waals surface area contributed by atoms with Crippen molar-refractivity contribution in [2.75, 3.05) is 12.8 Å². The highest BCUT2D eigenvalue weighted by Gasteiger charge is 2.15. The van der Waals surface area contributed by atoms with Crippen molar-refractivity contribution in [3.63, 3.8) is 0 Å². The third kappa shape index (κ3) is 2.87. The Hall–Kier alpha value is -1.60. The predicted octanol–water partition coefficient (Wildman–Crippen LogP) is 3.41. The maximum absolute atomic E-state index is 13.4. The Balaban J connectivity index is 2.42. The van der Waals surface area contributed by atoms with E-state index in [-0.39, 0.29) is 28.2 Å². The Morgan fingerprint density at radius 2 is 2.11 bits per heavy atom. The summed E-state index contributed by atoms with van der Waals surface area (Å²) in [6, 6.07) is 2.51. The number of anilines is 1. The molecule has 8 heteroatoms. The third-order valence-corrected chi connectivity index (χ3v) is 3.09. The largest absolute Gasteiger partial charge is 0.489 e. The second kappa shape index (κ2) is 5.58. The van der Waals surface area contributed by atoms with Gasteiger partial charge >= 0.3 is 0 Å².